The minimum atomic E-state index is 0. The van der Waals surface area contributed by atoms with E-state index < -0.39 is 0 Å². The van der Waals surface area contributed by atoms with Gasteiger partial charge in [-0.25, -0.2) is 0 Å². The number of likely N-dealkylation sites (tertiary alicyclic amines) is 1. The van der Waals surface area contributed by atoms with Gasteiger partial charge in [0.15, 0.2) is 5.96 Å². The molecule has 5 nitrogen and oxygen atoms in total. The van der Waals surface area contributed by atoms with Crippen LogP contribution in [-0.4, -0.2) is 75.4 Å². The third-order valence-electron chi connectivity index (χ3n) is 4.12. The number of piperidine rings is 1. The van der Waals surface area contributed by atoms with Crippen LogP contribution in [0.15, 0.2) is 4.99 Å². The van der Waals surface area contributed by atoms with E-state index in [1.54, 1.807) is 7.11 Å². The van der Waals surface area contributed by atoms with Crippen molar-refractivity contribution in [3.63, 3.8) is 0 Å². The summed E-state index contributed by atoms with van der Waals surface area (Å²) in [5.41, 5.74) is 0. The van der Waals surface area contributed by atoms with Gasteiger partial charge < -0.3 is 20.3 Å². The third kappa shape index (κ3) is 11.8. The lowest BCUT2D eigenvalue weighted by Gasteiger charge is -2.33. The van der Waals surface area contributed by atoms with Gasteiger partial charge in [-0.3, -0.25) is 4.99 Å². The predicted octanol–water partition coefficient (Wildman–Crippen LogP) is 2.80. The van der Waals surface area contributed by atoms with Crippen LogP contribution in [-0.2, 0) is 4.74 Å². The quantitative estimate of drug-likeness (QED) is 0.210. The van der Waals surface area contributed by atoms with Gasteiger partial charge in [0.2, 0.25) is 0 Å². The number of hydrogen-bond donors (Lipinski definition) is 2. The minimum Gasteiger partial charge on any atom is -0.385 e. The summed E-state index contributed by atoms with van der Waals surface area (Å²) in [4.78, 5) is 7.26. The largest absolute Gasteiger partial charge is 0.385 e. The molecular formula is C17H37IN4OS. The van der Waals surface area contributed by atoms with Gasteiger partial charge in [-0.05, 0) is 51.0 Å². The zero-order valence-corrected chi connectivity index (χ0v) is 18.8. The fraction of sp³-hybridized carbons (Fsp3) is 0.941. The van der Waals surface area contributed by atoms with Crippen LogP contribution in [0.5, 0.6) is 0 Å². The van der Waals surface area contributed by atoms with E-state index in [9.17, 15) is 0 Å². The van der Waals surface area contributed by atoms with Gasteiger partial charge in [0, 0.05) is 52.5 Å². The van der Waals surface area contributed by atoms with Crippen LogP contribution in [0.2, 0.25) is 0 Å². The molecule has 1 heterocycles. The molecule has 0 aliphatic carbocycles. The number of halogens is 1. The Morgan fingerprint density at radius 2 is 2.00 bits per heavy atom. The van der Waals surface area contributed by atoms with Crippen molar-refractivity contribution in [2.24, 2.45) is 4.99 Å². The highest BCUT2D eigenvalue weighted by Gasteiger charge is 2.19. The second-order valence-electron chi connectivity index (χ2n) is 6.07. The molecule has 0 aromatic rings. The van der Waals surface area contributed by atoms with Gasteiger partial charge in [-0.2, -0.15) is 11.8 Å². The number of ether oxygens (including phenoxy) is 1. The molecule has 7 heteroatoms. The molecule has 1 saturated heterocycles. The molecule has 0 aromatic heterocycles. The highest BCUT2D eigenvalue weighted by atomic mass is 127. The van der Waals surface area contributed by atoms with E-state index in [2.05, 4.69) is 28.7 Å². The zero-order chi connectivity index (χ0) is 16.8. The fourth-order valence-electron chi connectivity index (χ4n) is 2.80. The molecule has 0 unspecified atom stereocenters. The topological polar surface area (TPSA) is 48.9 Å². The number of rotatable bonds is 11. The summed E-state index contributed by atoms with van der Waals surface area (Å²) in [5, 5.41) is 7.00. The SMILES string of the molecule is CCNC(=NCCCCSC)NC1CCN(CCCOC)CC1.I. The van der Waals surface area contributed by atoms with Crippen molar-refractivity contribution in [2.45, 2.75) is 45.1 Å². The molecule has 1 fully saturated rings. The van der Waals surface area contributed by atoms with E-state index in [-0.39, 0.29) is 24.0 Å². The Kier molecular flexibility index (Phi) is 16.9. The van der Waals surface area contributed by atoms with Crippen LogP contribution in [0.25, 0.3) is 0 Å². The lowest BCUT2D eigenvalue weighted by molar-refractivity contribution is 0.155. The van der Waals surface area contributed by atoms with Gasteiger partial charge in [0.05, 0.1) is 0 Å². The average molecular weight is 472 g/mol. The number of nitrogens with one attached hydrogen (secondary N) is 2. The van der Waals surface area contributed by atoms with Gasteiger partial charge >= 0.3 is 0 Å². The van der Waals surface area contributed by atoms with Gasteiger partial charge in [0.25, 0.3) is 0 Å². The van der Waals surface area contributed by atoms with Crippen molar-refractivity contribution >= 4 is 41.7 Å². The van der Waals surface area contributed by atoms with Crippen LogP contribution in [0, 0.1) is 0 Å². The summed E-state index contributed by atoms with van der Waals surface area (Å²) < 4.78 is 5.13. The van der Waals surface area contributed by atoms with Crippen molar-refractivity contribution in [3.8, 4) is 0 Å². The van der Waals surface area contributed by atoms with E-state index in [1.807, 2.05) is 11.8 Å². The Morgan fingerprint density at radius 3 is 2.62 bits per heavy atom. The molecule has 24 heavy (non-hydrogen) atoms. The summed E-state index contributed by atoms with van der Waals surface area (Å²) in [6.45, 7) is 8.35. The lowest BCUT2D eigenvalue weighted by atomic mass is 10.1. The van der Waals surface area contributed by atoms with Crippen molar-refractivity contribution < 1.29 is 4.74 Å². The van der Waals surface area contributed by atoms with E-state index in [4.69, 9.17) is 9.73 Å². The number of methoxy groups -OCH3 is 1. The highest BCUT2D eigenvalue weighted by Crippen LogP contribution is 2.10. The van der Waals surface area contributed by atoms with Gasteiger partial charge in [0.1, 0.15) is 0 Å². The number of hydrogen-bond acceptors (Lipinski definition) is 4. The fourth-order valence-corrected chi connectivity index (χ4v) is 3.29. The van der Waals surface area contributed by atoms with Crippen molar-refractivity contribution in [1.29, 1.82) is 0 Å². The lowest BCUT2D eigenvalue weighted by Crippen LogP contribution is -2.48. The van der Waals surface area contributed by atoms with E-state index in [0.717, 1.165) is 38.6 Å². The summed E-state index contributed by atoms with van der Waals surface area (Å²) in [6.07, 6.45) is 8.12. The smallest absolute Gasteiger partial charge is 0.191 e. The standard InChI is InChI=1S/C17H36N4OS.HI/c1-4-18-17(19-10-5-6-15-23-3)20-16-8-12-21(13-9-16)11-7-14-22-2;/h16H,4-15H2,1-3H3,(H2,18,19,20);1H. The highest BCUT2D eigenvalue weighted by molar-refractivity contribution is 14.0. The summed E-state index contributed by atoms with van der Waals surface area (Å²) >= 11 is 1.91. The first-order chi connectivity index (χ1) is 11.3. The van der Waals surface area contributed by atoms with Crippen LogP contribution < -0.4 is 10.6 Å². The third-order valence-corrected chi connectivity index (χ3v) is 4.82. The molecular weight excluding hydrogens is 435 g/mol. The van der Waals surface area contributed by atoms with Gasteiger partial charge in [-0.1, -0.05) is 0 Å². The summed E-state index contributed by atoms with van der Waals surface area (Å²) in [7, 11) is 1.78. The number of guanidine groups is 1. The maximum Gasteiger partial charge on any atom is 0.191 e. The first-order valence-corrected chi connectivity index (χ1v) is 10.4. The second-order valence-corrected chi connectivity index (χ2v) is 7.05. The van der Waals surface area contributed by atoms with Crippen molar-refractivity contribution in [2.75, 3.05) is 58.4 Å². The summed E-state index contributed by atoms with van der Waals surface area (Å²) in [5.74, 6) is 2.23. The predicted molar refractivity (Wildman–Crippen MR) is 118 cm³/mol. The van der Waals surface area contributed by atoms with Crippen molar-refractivity contribution in [3.05, 3.63) is 0 Å². The maximum atomic E-state index is 5.13. The maximum absolute atomic E-state index is 5.13. The normalized spacial score (nSPS) is 16.7. The Labute approximate surface area is 170 Å². The molecule has 0 amide bonds. The molecule has 0 spiro atoms. The number of nitrogens with zero attached hydrogens (tertiary/aromatic N) is 2. The number of unbranched alkanes of at least 4 members (excludes halogenated alkanes) is 1. The van der Waals surface area contributed by atoms with E-state index in [1.165, 1.54) is 44.5 Å². The molecule has 0 atom stereocenters. The molecule has 1 aliphatic rings. The number of aliphatic imine (C=N–C) groups is 1. The Balaban J connectivity index is 0.00000529. The van der Waals surface area contributed by atoms with Crippen molar-refractivity contribution in [1.82, 2.24) is 15.5 Å². The molecule has 0 aromatic carbocycles. The average Bonchev–Trinajstić information content (AvgIpc) is 2.56. The number of thioether (sulfide) groups is 1. The van der Waals surface area contributed by atoms with Gasteiger partial charge in [-0.15, -0.1) is 24.0 Å². The molecule has 2 N–H and O–H groups in total. The monoisotopic (exact) mass is 472 g/mol. The Bertz CT molecular complexity index is 313. The molecule has 1 aliphatic heterocycles. The molecule has 0 bridgehead atoms. The summed E-state index contributed by atoms with van der Waals surface area (Å²) in [6, 6.07) is 0.553. The van der Waals surface area contributed by atoms with Crippen LogP contribution >= 0.6 is 35.7 Å². The zero-order valence-electron chi connectivity index (χ0n) is 15.7. The minimum absolute atomic E-state index is 0. The van der Waals surface area contributed by atoms with Crippen LogP contribution in [0.1, 0.15) is 39.0 Å². The molecule has 0 radical (unpaired) electrons. The van der Waals surface area contributed by atoms with Crippen LogP contribution in [0.3, 0.4) is 0 Å². The molecule has 1 rings (SSSR count). The first-order valence-electron chi connectivity index (χ1n) is 9.05. The second kappa shape index (κ2) is 16.7. The molecule has 0 saturated carbocycles. The van der Waals surface area contributed by atoms with Crippen LogP contribution in [0.4, 0.5) is 0 Å². The first kappa shape index (κ1) is 24.3. The van der Waals surface area contributed by atoms with E-state index >= 15 is 0 Å². The Morgan fingerprint density at radius 1 is 1.25 bits per heavy atom. The Hall–Kier alpha value is 0.270. The van der Waals surface area contributed by atoms with E-state index in [0.29, 0.717) is 6.04 Å². The molecule has 144 valence electrons.